The molecule has 6 nitrogen and oxygen atoms in total. The SMILES string of the molecule is CC(C)(C)OC(=O)N1CCCC[C@H]1CNCC(=O)c1ccc[nH]1. The van der Waals surface area contributed by atoms with E-state index in [-0.39, 0.29) is 24.5 Å². The molecule has 1 aromatic rings. The highest BCUT2D eigenvalue weighted by atomic mass is 16.6. The van der Waals surface area contributed by atoms with Crippen LogP contribution in [0.4, 0.5) is 4.79 Å². The summed E-state index contributed by atoms with van der Waals surface area (Å²) in [6.07, 6.45) is 4.49. The first-order valence-electron chi connectivity index (χ1n) is 8.24. The first kappa shape index (κ1) is 17.5. The van der Waals surface area contributed by atoms with Crippen molar-refractivity contribution in [2.45, 2.75) is 51.7 Å². The third-order valence-corrected chi connectivity index (χ3v) is 3.82. The summed E-state index contributed by atoms with van der Waals surface area (Å²) in [7, 11) is 0. The summed E-state index contributed by atoms with van der Waals surface area (Å²) in [5.41, 5.74) is 0.112. The fourth-order valence-corrected chi connectivity index (χ4v) is 2.73. The zero-order valence-electron chi connectivity index (χ0n) is 14.2. The van der Waals surface area contributed by atoms with Crippen molar-refractivity contribution in [3.05, 3.63) is 24.0 Å². The van der Waals surface area contributed by atoms with Crippen molar-refractivity contribution in [2.75, 3.05) is 19.6 Å². The molecule has 1 atom stereocenters. The number of H-pyrrole nitrogens is 1. The number of hydrogen-bond donors (Lipinski definition) is 2. The fourth-order valence-electron chi connectivity index (χ4n) is 2.73. The molecule has 6 heteroatoms. The summed E-state index contributed by atoms with van der Waals surface area (Å²) in [5, 5.41) is 3.17. The Morgan fingerprint density at radius 2 is 2.17 bits per heavy atom. The standard InChI is InChI=1S/C17H27N3O3/c1-17(2,3)23-16(22)20-10-5-4-7-13(20)11-18-12-15(21)14-8-6-9-19-14/h6,8-9,13,18-19H,4-5,7,10-12H2,1-3H3/t13-/m0/s1. The second-order valence-corrected chi connectivity index (χ2v) is 6.96. The average Bonchev–Trinajstić information content (AvgIpc) is 3.00. The molecule has 1 saturated heterocycles. The van der Waals surface area contributed by atoms with Gasteiger partial charge in [0.2, 0.25) is 0 Å². The normalized spacial score (nSPS) is 18.7. The van der Waals surface area contributed by atoms with E-state index in [2.05, 4.69) is 10.3 Å². The van der Waals surface area contributed by atoms with E-state index in [1.54, 1.807) is 23.2 Å². The van der Waals surface area contributed by atoms with E-state index in [1.165, 1.54) is 0 Å². The minimum atomic E-state index is -0.490. The van der Waals surface area contributed by atoms with E-state index in [4.69, 9.17) is 4.74 Å². The van der Waals surface area contributed by atoms with E-state index < -0.39 is 5.60 Å². The summed E-state index contributed by atoms with van der Waals surface area (Å²) < 4.78 is 5.48. The van der Waals surface area contributed by atoms with Crippen LogP contribution in [-0.4, -0.2) is 53.0 Å². The maximum atomic E-state index is 12.3. The minimum Gasteiger partial charge on any atom is -0.444 e. The van der Waals surface area contributed by atoms with Gasteiger partial charge in [-0.25, -0.2) is 4.79 Å². The van der Waals surface area contributed by atoms with Gasteiger partial charge in [0, 0.05) is 25.3 Å². The van der Waals surface area contributed by atoms with Gasteiger partial charge in [-0.1, -0.05) is 0 Å². The minimum absolute atomic E-state index is 0.0228. The second kappa shape index (κ2) is 7.64. The zero-order chi connectivity index (χ0) is 16.9. The Labute approximate surface area is 137 Å². The number of carbonyl (C=O) groups is 2. The number of aromatic amines is 1. The van der Waals surface area contributed by atoms with Crippen molar-refractivity contribution < 1.29 is 14.3 Å². The summed E-state index contributed by atoms with van der Waals surface area (Å²) >= 11 is 0. The van der Waals surface area contributed by atoms with Crippen molar-refractivity contribution in [3.63, 3.8) is 0 Å². The third-order valence-electron chi connectivity index (χ3n) is 3.82. The Hall–Kier alpha value is -1.82. The van der Waals surface area contributed by atoms with Crippen molar-refractivity contribution >= 4 is 11.9 Å². The molecule has 1 aliphatic heterocycles. The first-order valence-corrected chi connectivity index (χ1v) is 8.24. The predicted octanol–water partition coefficient (Wildman–Crippen LogP) is 2.58. The van der Waals surface area contributed by atoms with Crippen LogP contribution in [0.1, 0.15) is 50.5 Å². The van der Waals surface area contributed by atoms with Crippen LogP contribution < -0.4 is 5.32 Å². The van der Waals surface area contributed by atoms with Gasteiger partial charge >= 0.3 is 6.09 Å². The molecule has 0 bridgehead atoms. The monoisotopic (exact) mass is 321 g/mol. The fraction of sp³-hybridized carbons (Fsp3) is 0.647. The highest BCUT2D eigenvalue weighted by molar-refractivity contribution is 5.95. The Morgan fingerprint density at radius 3 is 2.83 bits per heavy atom. The van der Waals surface area contributed by atoms with Gasteiger partial charge in [0.15, 0.2) is 5.78 Å². The summed E-state index contributed by atoms with van der Waals surface area (Å²) in [6, 6.07) is 3.64. The van der Waals surface area contributed by atoms with Gasteiger partial charge in [-0.05, 0) is 52.2 Å². The average molecular weight is 321 g/mol. The predicted molar refractivity (Wildman–Crippen MR) is 88.6 cm³/mol. The van der Waals surface area contributed by atoms with Gasteiger partial charge in [-0.2, -0.15) is 0 Å². The number of piperidine rings is 1. The van der Waals surface area contributed by atoms with Crippen molar-refractivity contribution in [3.8, 4) is 0 Å². The van der Waals surface area contributed by atoms with Crippen LogP contribution >= 0.6 is 0 Å². The van der Waals surface area contributed by atoms with Crippen molar-refractivity contribution in [2.24, 2.45) is 0 Å². The summed E-state index contributed by atoms with van der Waals surface area (Å²) in [5.74, 6) is 0.0228. The molecule has 1 aromatic heterocycles. The van der Waals surface area contributed by atoms with E-state index in [0.29, 0.717) is 18.8 Å². The highest BCUT2D eigenvalue weighted by Gasteiger charge is 2.30. The molecule has 1 fully saturated rings. The van der Waals surface area contributed by atoms with Crippen LogP contribution in [-0.2, 0) is 4.74 Å². The third kappa shape index (κ3) is 5.39. The summed E-state index contributed by atoms with van der Waals surface area (Å²) in [4.78, 5) is 29.0. The number of nitrogens with zero attached hydrogens (tertiary/aromatic N) is 1. The van der Waals surface area contributed by atoms with E-state index in [0.717, 1.165) is 19.3 Å². The van der Waals surface area contributed by atoms with Gasteiger partial charge in [0.1, 0.15) is 5.60 Å². The lowest BCUT2D eigenvalue weighted by Crippen LogP contribution is -2.50. The number of likely N-dealkylation sites (tertiary alicyclic amines) is 1. The van der Waals surface area contributed by atoms with Crippen LogP contribution in [0.2, 0.25) is 0 Å². The number of ether oxygens (including phenoxy) is 1. The Kier molecular flexibility index (Phi) is 5.82. The number of hydrogen-bond acceptors (Lipinski definition) is 4. The topological polar surface area (TPSA) is 74.4 Å². The molecule has 2 N–H and O–H groups in total. The van der Waals surface area contributed by atoms with Gasteiger partial charge in [-0.3, -0.25) is 4.79 Å². The molecular weight excluding hydrogens is 294 g/mol. The number of nitrogens with one attached hydrogen (secondary N) is 2. The molecule has 0 aromatic carbocycles. The Morgan fingerprint density at radius 1 is 1.39 bits per heavy atom. The molecular formula is C17H27N3O3. The quantitative estimate of drug-likeness (QED) is 0.818. The van der Waals surface area contributed by atoms with Gasteiger partial charge in [0.25, 0.3) is 0 Å². The number of amides is 1. The lowest BCUT2D eigenvalue weighted by atomic mass is 10.0. The van der Waals surface area contributed by atoms with E-state index in [9.17, 15) is 9.59 Å². The lowest BCUT2D eigenvalue weighted by molar-refractivity contribution is 0.0101. The van der Waals surface area contributed by atoms with Gasteiger partial charge in [-0.15, -0.1) is 0 Å². The molecule has 128 valence electrons. The number of Topliss-reactive ketones (excluding diaryl/α,β-unsaturated/α-hetero) is 1. The maximum Gasteiger partial charge on any atom is 0.410 e. The second-order valence-electron chi connectivity index (χ2n) is 6.96. The number of carbonyl (C=O) groups excluding carboxylic acids is 2. The van der Waals surface area contributed by atoms with Crippen molar-refractivity contribution in [1.82, 2.24) is 15.2 Å². The molecule has 2 heterocycles. The largest absolute Gasteiger partial charge is 0.444 e. The van der Waals surface area contributed by atoms with Crippen LogP contribution in [0.15, 0.2) is 18.3 Å². The lowest BCUT2D eigenvalue weighted by Gasteiger charge is -2.36. The highest BCUT2D eigenvalue weighted by Crippen LogP contribution is 2.20. The molecule has 2 rings (SSSR count). The molecule has 0 saturated carbocycles. The maximum absolute atomic E-state index is 12.3. The van der Waals surface area contributed by atoms with E-state index in [1.807, 2.05) is 20.8 Å². The summed E-state index contributed by atoms with van der Waals surface area (Å²) in [6.45, 7) is 7.20. The molecule has 0 radical (unpaired) electrons. The molecule has 1 aliphatic rings. The zero-order valence-corrected chi connectivity index (χ0v) is 14.2. The molecule has 0 unspecified atom stereocenters. The molecule has 23 heavy (non-hydrogen) atoms. The molecule has 0 spiro atoms. The smallest absolute Gasteiger partial charge is 0.410 e. The number of ketones is 1. The number of aromatic nitrogens is 1. The Balaban J connectivity index is 1.84. The van der Waals surface area contributed by atoms with Crippen molar-refractivity contribution in [1.29, 1.82) is 0 Å². The van der Waals surface area contributed by atoms with E-state index >= 15 is 0 Å². The van der Waals surface area contributed by atoms with Gasteiger partial charge in [0.05, 0.1) is 12.2 Å². The van der Waals surface area contributed by atoms with Crippen LogP contribution in [0.3, 0.4) is 0 Å². The molecule has 1 amide bonds. The number of rotatable bonds is 5. The van der Waals surface area contributed by atoms with Crippen LogP contribution in [0.5, 0.6) is 0 Å². The van der Waals surface area contributed by atoms with Crippen LogP contribution in [0.25, 0.3) is 0 Å². The Bertz CT molecular complexity index is 520. The first-order chi connectivity index (χ1) is 10.9. The molecule has 0 aliphatic carbocycles. The van der Waals surface area contributed by atoms with Crippen LogP contribution in [0, 0.1) is 0 Å². The van der Waals surface area contributed by atoms with Gasteiger partial charge < -0.3 is 19.9 Å².